The number of furan rings is 1. The maximum absolute atomic E-state index is 6.21. The molecule has 3 aromatic heterocycles. The fourth-order valence-corrected chi connectivity index (χ4v) is 10.7. The number of hydrogen-bond donors (Lipinski definition) is 0. The second kappa shape index (κ2) is 20.6. The number of hydrogen-bond acceptors (Lipinski definition) is 2. The average molecular weight is 1130 g/mol. The zero-order valence-electron chi connectivity index (χ0n) is 43.0. The van der Waals surface area contributed by atoms with Crippen molar-refractivity contribution in [3.05, 3.63) is 229 Å². The molecule has 0 N–H and O–H groups in total. The minimum absolute atomic E-state index is 0. The third kappa shape index (κ3) is 9.35. The van der Waals surface area contributed by atoms with Crippen LogP contribution in [0.4, 0.5) is 0 Å². The molecular formula is C67H62IrN4O. The van der Waals surface area contributed by atoms with E-state index < -0.39 is 0 Å². The van der Waals surface area contributed by atoms with E-state index in [0.29, 0.717) is 23.7 Å². The number of fused-ring (bicyclic) bond motifs is 6. The second-order valence-electron chi connectivity index (χ2n) is 20.6. The minimum atomic E-state index is 0. The zero-order chi connectivity index (χ0) is 49.6. The predicted octanol–water partition coefficient (Wildman–Crippen LogP) is 17.5. The van der Waals surface area contributed by atoms with E-state index in [-0.39, 0.29) is 20.1 Å². The van der Waals surface area contributed by atoms with Gasteiger partial charge >= 0.3 is 0 Å². The largest absolute Gasteiger partial charge is 0.456 e. The first kappa shape index (κ1) is 49.2. The molecule has 1 aliphatic heterocycles. The Hall–Kier alpha value is -7.37. The first-order valence-corrected chi connectivity index (χ1v) is 25.7. The molecule has 5 nitrogen and oxygen atoms in total. The first-order valence-electron chi connectivity index (χ1n) is 25.7. The van der Waals surface area contributed by atoms with Crippen molar-refractivity contribution in [2.75, 3.05) is 0 Å². The molecule has 12 rings (SSSR count). The molecule has 0 aliphatic carbocycles. The van der Waals surface area contributed by atoms with Gasteiger partial charge in [-0.05, 0) is 105 Å². The summed E-state index contributed by atoms with van der Waals surface area (Å²) < 4.78 is 13.3. The normalized spacial score (nSPS) is 11.9. The van der Waals surface area contributed by atoms with Crippen molar-refractivity contribution in [3.8, 4) is 67.5 Å². The standard InChI is InChI=1S/C34H31N2O.C33H31N2.Ir/c1-21(2)27-16-24(23-10-6-5-7-11-23)17-28(22(3)4)33(27)36-15-14-35-20-25-18-32-30(19-29(25)34(35)36)26-12-8-9-13-31(26)37-32;1-23(2)30-21-29(26-14-9-6-10-15-26)22-31(24(3)4)32(30)35-19-18-34-33(35)28-17-11-16-27(20-28)25-12-7-5-8-13-25;/h5-19,21-22H,20H2,1-4H3;5-16,18-24H,1-4H3;/q+1;-1;. The Balaban J connectivity index is 0.000000166. The summed E-state index contributed by atoms with van der Waals surface area (Å²) in [5.74, 6) is 3.67. The number of para-hydroxylation sites is 1. The molecule has 0 spiro atoms. The maximum atomic E-state index is 6.21. The van der Waals surface area contributed by atoms with E-state index >= 15 is 0 Å². The number of rotatable bonds is 10. The molecule has 0 unspecified atom stereocenters. The molecule has 73 heavy (non-hydrogen) atoms. The molecule has 0 saturated heterocycles. The summed E-state index contributed by atoms with van der Waals surface area (Å²) in [5, 5.41) is 2.36. The average Bonchev–Trinajstić information content (AvgIpc) is 4.22. The van der Waals surface area contributed by atoms with Crippen molar-refractivity contribution < 1.29 is 29.1 Å². The van der Waals surface area contributed by atoms with E-state index in [9.17, 15) is 0 Å². The summed E-state index contributed by atoms with van der Waals surface area (Å²) in [4.78, 5) is 4.81. The maximum Gasteiger partial charge on any atom is 0.294 e. The van der Waals surface area contributed by atoms with Crippen molar-refractivity contribution in [2.24, 2.45) is 0 Å². The van der Waals surface area contributed by atoms with Crippen LogP contribution in [0.25, 0.3) is 89.5 Å². The second-order valence-corrected chi connectivity index (χ2v) is 20.6. The van der Waals surface area contributed by atoms with E-state index in [4.69, 9.17) is 9.40 Å². The van der Waals surface area contributed by atoms with Crippen LogP contribution in [-0.2, 0) is 26.7 Å². The zero-order valence-corrected chi connectivity index (χ0v) is 45.4. The van der Waals surface area contributed by atoms with Crippen LogP contribution in [0.15, 0.2) is 199 Å². The van der Waals surface area contributed by atoms with Crippen molar-refractivity contribution >= 4 is 21.9 Å². The molecule has 365 valence electrons. The van der Waals surface area contributed by atoms with Crippen molar-refractivity contribution in [2.45, 2.75) is 85.6 Å². The Morgan fingerprint density at radius 2 is 1.00 bits per heavy atom. The van der Waals surface area contributed by atoms with Gasteiger partial charge < -0.3 is 8.98 Å². The van der Waals surface area contributed by atoms with Crippen molar-refractivity contribution in [3.63, 3.8) is 0 Å². The van der Waals surface area contributed by atoms with E-state index in [1.54, 1.807) is 0 Å². The third-order valence-corrected chi connectivity index (χ3v) is 14.4. The fourth-order valence-electron chi connectivity index (χ4n) is 10.7. The molecule has 0 amide bonds. The third-order valence-electron chi connectivity index (χ3n) is 14.4. The van der Waals surface area contributed by atoms with Gasteiger partial charge in [-0.15, -0.1) is 35.4 Å². The molecule has 0 fully saturated rings. The summed E-state index contributed by atoms with van der Waals surface area (Å²) >= 11 is 0. The first-order chi connectivity index (χ1) is 35.0. The minimum Gasteiger partial charge on any atom is -0.456 e. The molecule has 6 heteroatoms. The Bertz CT molecular complexity index is 3670. The molecule has 4 heterocycles. The summed E-state index contributed by atoms with van der Waals surface area (Å²) in [6.07, 6.45) is 8.48. The van der Waals surface area contributed by atoms with E-state index in [0.717, 1.165) is 29.1 Å². The topological polar surface area (TPSA) is 39.8 Å². The van der Waals surface area contributed by atoms with Gasteiger partial charge in [0.15, 0.2) is 0 Å². The smallest absolute Gasteiger partial charge is 0.294 e. The van der Waals surface area contributed by atoms with Crippen LogP contribution >= 0.6 is 0 Å². The SMILES string of the molecule is CC(C)c1cc(-c2ccccc2)cc(C(C)C)c1-n1cc[n+]2c1-c1cc3c(cc1C2)oc1ccccc13.CC(C)c1cc(-c2ccccc2)cc(C(C)C)c1-n1ccnc1-c1[c-]ccc(-c2ccccc2)c1.[Ir]. The van der Waals surface area contributed by atoms with Crippen LogP contribution in [0.5, 0.6) is 0 Å². The molecule has 8 aromatic carbocycles. The summed E-state index contributed by atoms with van der Waals surface area (Å²) in [6, 6.07) is 64.1. The Labute approximate surface area is 444 Å². The van der Waals surface area contributed by atoms with E-state index in [2.05, 4.69) is 245 Å². The number of benzene rings is 8. The van der Waals surface area contributed by atoms with E-state index in [1.807, 2.05) is 24.4 Å². The summed E-state index contributed by atoms with van der Waals surface area (Å²) in [5.41, 5.74) is 20.9. The van der Waals surface area contributed by atoms with Crippen molar-refractivity contribution in [1.82, 2.24) is 14.1 Å². The monoisotopic (exact) mass is 1130 g/mol. The van der Waals surface area contributed by atoms with Crippen LogP contribution in [0.1, 0.15) is 107 Å². The van der Waals surface area contributed by atoms with Gasteiger partial charge in [0.25, 0.3) is 5.82 Å². The quantitative estimate of drug-likeness (QED) is 0.101. The Kier molecular flexibility index (Phi) is 13.9. The molecular weight excluding hydrogens is 1070 g/mol. The number of imidazole rings is 2. The van der Waals surface area contributed by atoms with Crippen LogP contribution in [0, 0.1) is 6.07 Å². The summed E-state index contributed by atoms with van der Waals surface area (Å²) in [6.45, 7) is 19.2. The molecule has 0 saturated carbocycles. The van der Waals surface area contributed by atoms with Gasteiger partial charge in [-0.25, -0.2) is 4.57 Å². The number of aromatic nitrogens is 4. The van der Waals surface area contributed by atoms with Crippen molar-refractivity contribution in [1.29, 1.82) is 0 Å². The molecule has 0 bridgehead atoms. The van der Waals surface area contributed by atoms with Gasteiger partial charge in [0.05, 0.1) is 11.4 Å². The molecule has 1 radical (unpaired) electrons. The molecule has 1 aliphatic rings. The van der Waals surface area contributed by atoms with Crippen LogP contribution in [-0.4, -0.2) is 14.1 Å². The number of nitrogens with zero attached hydrogens (tertiary/aromatic N) is 4. The summed E-state index contributed by atoms with van der Waals surface area (Å²) in [7, 11) is 0. The fraction of sp³-hybridized carbons (Fsp3) is 0.194. The molecule has 0 atom stereocenters. The predicted molar refractivity (Wildman–Crippen MR) is 298 cm³/mol. The van der Waals surface area contributed by atoms with Crippen LogP contribution in [0.2, 0.25) is 0 Å². The molecule has 11 aromatic rings. The van der Waals surface area contributed by atoms with Crippen LogP contribution in [0.3, 0.4) is 0 Å². The van der Waals surface area contributed by atoms with Gasteiger partial charge in [0.1, 0.15) is 35.8 Å². The van der Waals surface area contributed by atoms with Gasteiger partial charge in [0, 0.05) is 65.6 Å². The van der Waals surface area contributed by atoms with Crippen LogP contribution < -0.4 is 4.57 Å². The Morgan fingerprint density at radius 3 is 1.55 bits per heavy atom. The van der Waals surface area contributed by atoms with Gasteiger partial charge in [-0.2, -0.15) is 4.57 Å². The Morgan fingerprint density at radius 1 is 0.493 bits per heavy atom. The van der Waals surface area contributed by atoms with Gasteiger partial charge in [-0.3, -0.25) is 4.98 Å². The van der Waals surface area contributed by atoms with Gasteiger partial charge in [-0.1, -0.05) is 165 Å². The van der Waals surface area contributed by atoms with E-state index in [1.165, 1.54) is 94.7 Å². The van der Waals surface area contributed by atoms with Gasteiger partial charge in [0.2, 0.25) is 0 Å².